The molecule has 0 spiro atoms. The van der Waals surface area contributed by atoms with Crippen LogP contribution in [0.15, 0.2) is 30.3 Å². The normalized spacial score (nSPS) is 18.5. The van der Waals surface area contributed by atoms with Crippen molar-refractivity contribution in [3.05, 3.63) is 35.9 Å². The molecule has 1 saturated heterocycles. The van der Waals surface area contributed by atoms with Crippen LogP contribution in [-0.2, 0) is 6.54 Å². The summed E-state index contributed by atoms with van der Waals surface area (Å²) in [6.45, 7) is 3.41. The summed E-state index contributed by atoms with van der Waals surface area (Å²) in [6.07, 6.45) is 0. The van der Waals surface area contributed by atoms with E-state index in [0.717, 1.165) is 18.3 Å². The van der Waals surface area contributed by atoms with E-state index in [2.05, 4.69) is 35.2 Å². The van der Waals surface area contributed by atoms with Gasteiger partial charge in [0.25, 0.3) is 0 Å². The third kappa shape index (κ3) is 2.23. The molecule has 0 saturated carbocycles. The Balaban J connectivity index is 1.81. The number of rotatable bonds is 3. The molecule has 1 aromatic rings. The maximum Gasteiger partial charge on any atom is 0.0276 e. The van der Waals surface area contributed by atoms with Crippen molar-refractivity contribution in [1.82, 2.24) is 4.90 Å². The molecular formula is C11H14ClN. The van der Waals surface area contributed by atoms with E-state index in [1.807, 2.05) is 0 Å². The van der Waals surface area contributed by atoms with Crippen LogP contribution in [0.1, 0.15) is 5.56 Å². The Morgan fingerprint density at radius 1 is 1.23 bits per heavy atom. The first-order valence-corrected chi connectivity index (χ1v) is 5.24. The molecule has 0 N–H and O–H groups in total. The topological polar surface area (TPSA) is 3.24 Å². The van der Waals surface area contributed by atoms with Crippen molar-refractivity contribution in [1.29, 1.82) is 0 Å². The summed E-state index contributed by atoms with van der Waals surface area (Å²) in [4.78, 5) is 2.43. The molecule has 1 aliphatic heterocycles. The van der Waals surface area contributed by atoms with Gasteiger partial charge < -0.3 is 0 Å². The van der Waals surface area contributed by atoms with Crippen molar-refractivity contribution in [3.63, 3.8) is 0 Å². The number of hydrogen-bond acceptors (Lipinski definition) is 1. The third-order valence-electron chi connectivity index (χ3n) is 2.50. The number of likely N-dealkylation sites (tertiary alicyclic amines) is 1. The Labute approximate surface area is 84.3 Å². The van der Waals surface area contributed by atoms with Gasteiger partial charge in [-0.3, -0.25) is 4.90 Å². The van der Waals surface area contributed by atoms with E-state index >= 15 is 0 Å². The summed E-state index contributed by atoms with van der Waals surface area (Å²) < 4.78 is 0. The van der Waals surface area contributed by atoms with Gasteiger partial charge in [0.1, 0.15) is 0 Å². The largest absolute Gasteiger partial charge is 0.298 e. The standard InChI is InChI=1S/C11H14ClN/c12-6-11-8-13(9-11)7-10-4-2-1-3-5-10/h1-5,11H,6-9H2. The zero-order valence-electron chi connectivity index (χ0n) is 7.62. The van der Waals surface area contributed by atoms with Gasteiger partial charge in [-0.2, -0.15) is 0 Å². The van der Waals surface area contributed by atoms with Crippen LogP contribution in [0, 0.1) is 5.92 Å². The van der Waals surface area contributed by atoms with Crippen molar-refractivity contribution in [2.75, 3.05) is 19.0 Å². The van der Waals surface area contributed by atoms with Crippen molar-refractivity contribution in [2.24, 2.45) is 5.92 Å². The van der Waals surface area contributed by atoms with E-state index in [1.54, 1.807) is 0 Å². The molecule has 0 aliphatic carbocycles. The minimum atomic E-state index is 0.727. The lowest BCUT2D eigenvalue weighted by Crippen LogP contribution is -2.46. The predicted molar refractivity (Wildman–Crippen MR) is 55.9 cm³/mol. The quantitative estimate of drug-likeness (QED) is 0.670. The van der Waals surface area contributed by atoms with Gasteiger partial charge in [0.2, 0.25) is 0 Å². The van der Waals surface area contributed by atoms with Crippen LogP contribution in [-0.4, -0.2) is 23.9 Å². The lowest BCUT2D eigenvalue weighted by molar-refractivity contribution is 0.107. The Morgan fingerprint density at radius 2 is 1.92 bits per heavy atom. The van der Waals surface area contributed by atoms with Gasteiger partial charge in [0, 0.05) is 25.5 Å². The molecular weight excluding hydrogens is 182 g/mol. The summed E-state index contributed by atoms with van der Waals surface area (Å²) in [6, 6.07) is 10.6. The Hall–Kier alpha value is -0.530. The van der Waals surface area contributed by atoms with Gasteiger partial charge in [-0.05, 0) is 11.5 Å². The van der Waals surface area contributed by atoms with Gasteiger partial charge in [-0.15, -0.1) is 11.6 Å². The molecule has 1 aliphatic rings. The average Bonchev–Trinajstić information content (AvgIpc) is 2.12. The van der Waals surface area contributed by atoms with Gasteiger partial charge in [-0.1, -0.05) is 30.3 Å². The van der Waals surface area contributed by atoms with Crippen LogP contribution in [0.5, 0.6) is 0 Å². The van der Waals surface area contributed by atoms with Crippen molar-refractivity contribution >= 4 is 11.6 Å². The van der Waals surface area contributed by atoms with Gasteiger partial charge >= 0.3 is 0 Å². The van der Waals surface area contributed by atoms with Gasteiger partial charge in [0.05, 0.1) is 0 Å². The van der Waals surface area contributed by atoms with E-state index in [4.69, 9.17) is 11.6 Å². The van der Waals surface area contributed by atoms with Crippen molar-refractivity contribution < 1.29 is 0 Å². The highest BCUT2D eigenvalue weighted by Crippen LogP contribution is 2.19. The second kappa shape index (κ2) is 4.12. The Bertz CT molecular complexity index is 254. The van der Waals surface area contributed by atoms with E-state index in [-0.39, 0.29) is 0 Å². The second-order valence-electron chi connectivity index (χ2n) is 3.70. The summed E-state index contributed by atoms with van der Waals surface area (Å²) in [5.41, 5.74) is 1.40. The second-order valence-corrected chi connectivity index (χ2v) is 4.01. The summed E-state index contributed by atoms with van der Waals surface area (Å²) in [5, 5.41) is 0. The van der Waals surface area contributed by atoms with Crippen molar-refractivity contribution in [2.45, 2.75) is 6.54 Å². The number of halogens is 1. The smallest absolute Gasteiger partial charge is 0.0276 e. The average molecular weight is 196 g/mol. The predicted octanol–water partition coefficient (Wildman–Crippen LogP) is 2.36. The highest BCUT2D eigenvalue weighted by atomic mass is 35.5. The first kappa shape index (κ1) is 9.04. The summed E-state index contributed by atoms with van der Waals surface area (Å²) in [7, 11) is 0. The van der Waals surface area contributed by atoms with E-state index in [9.17, 15) is 0 Å². The SMILES string of the molecule is ClCC1CN(Cc2ccccc2)C1. The molecule has 0 atom stereocenters. The van der Waals surface area contributed by atoms with Gasteiger partial charge in [-0.25, -0.2) is 0 Å². The number of nitrogens with zero attached hydrogens (tertiary/aromatic N) is 1. The lowest BCUT2D eigenvalue weighted by Gasteiger charge is -2.38. The van der Waals surface area contributed by atoms with Crippen molar-refractivity contribution in [3.8, 4) is 0 Å². The lowest BCUT2D eigenvalue weighted by atomic mass is 10.0. The fourth-order valence-electron chi connectivity index (χ4n) is 1.75. The molecule has 0 unspecified atom stereocenters. The summed E-state index contributed by atoms with van der Waals surface area (Å²) in [5.74, 6) is 1.54. The highest BCUT2D eigenvalue weighted by molar-refractivity contribution is 6.18. The first-order valence-electron chi connectivity index (χ1n) is 4.70. The third-order valence-corrected chi connectivity index (χ3v) is 2.94. The van der Waals surface area contributed by atoms with Gasteiger partial charge in [0.15, 0.2) is 0 Å². The molecule has 70 valence electrons. The fourth-order valence-corrected chi connectivity index (χ4v) is 1.94. The minimum absolute atomic E-state index is 0.727. The maximum absolute atomic E-state index is 5.74. The van der Waals surface area contributed by atoms with Crippen LogP contribution in [0.3, 0.4) is 0 Å². The van der Waals surface area contributed by atoms with Crippen LogP contribution < -0.4 is 0 Å². The molecule has 2 heteroatoms. The molecule has 0 bridgehead atoms. The van der Waals surface area contributed by atoms with Crippen LogP contribution in [0.2, 0.25) is 0 Å². The Morgan fingerprint density at radius 3 is 2.54 bits per heavy atom. The van der Waals surface area contributed by atoms with Crippen LogP contribution >= 0.6 is 11.6 Å². The van der Waals surface area contributed by atoms with E-state index in [0.29, 0.717) is 0 Å². The summed E-state index contributed by atoms with van der Waals surface area (Å²) >= 11 is 5.74. The molecule has 1 heterocycles. The van der Waals surface area contributed by atoms with Crippen LogP contribution in [0.25, 0.3) is 0 Å². The first-order chi connectivity index (χ1) is 6.38. The van der Waals surface area contributed by atoms with E-state index in [1.165, 1.54) is 18.7 Å². The maximum atomic E-state index is 5.74. The molecule has 13 heavy (non-hydrogen) atoms. The molecule has 2 rings (SSSR count). The number of benzene rings is 1. The molecule has 0 amide bonds. The fraction of sp³-hybridized carbons (Fsp3) is 0.455. The molecule has 0 radical (unpaired) electrons. The number of alkyl halides is 1. The number of hydrogen-bond donors (Lipinski definition) is 0. The minimum Gasteiger partial charge on any atom is -0.298 e. The van der Waals surface area contributed by atoms with E-state index < -0.39 is 0 Å². The molecule has 0 aromatic heterocycles. The molecule has 1 aromatic carbocycles. The molecule has 1 nitrogen and oxygen atoms in total. The zero-order valence-corrected chi connectivity index (χ0v) is 8.37. The zero-order chi connectivity index (χ0) is 9.10. The monoisotopic (exact) mass is 195 g/mol. The highest BCUT2D eigenvalue weighted by Gasteiger charge is 2.25. The molecule has 1 fully saturated rings. The van der Waals surface area contributed by atoms with Crippen LogP contribution in [0.4, 0.5) is 0 Å². The Kier molecular flexibility index (Phi) is 2.87.